The Morgan fingerprint density at radius 2 is 2.10 bits per heavy atom. The van der Waals surface area contributed by atoms with Gasteiger partial charge in [-0.2, -0.15) is 0 Å². The number of ether oxygens (including phenoxy) is 1. The van der Waals surface area contributed by atoms with E-state index in [1.165, 1.54) is 16.7 Å². The lowest BCUT2D eigenvalue weighted by Gasteiger charge is -2.12. The second-order valence-corrected chi connectivity index (χ2v) is 5.56. The summed E-state index contributed by atoms with van der Waals surface area (Å²) in [7, 11) is 0. The van der Waals surface area contributed by atoms with Crippen molar-refractivity contribution in [2.75, 3.05) is 13.2 Å². The Bertz CT molecular complexity index is 552. The first kappa shape index (κ1) is 15.5. The number of pyridine rings is 1. The minimum absolute atomic E-state index is 0.556. The molecule has 1 aromatic heterocycles. The molecular formula is C18H24N2O. The van der Waals surface area contributed by atoms with Crippen LogP contribution in [0.4, 0.5) is 0 Å². The average Bonchev–Trinajstić information content (AvgIpc) is 2.47. The number of aromatic nitrogens is 1. The SMILES string of the molecule is Cc1cc(OCCNCc2cccnc2)ccc1C(C)C. The molecule has 0 unspecified atom stereocenters. The second kappa shape index (κ2) is 7.79. The lowest BCUT2D eigenvalue weighted by molar-refractivity contribution is 0.313. The number of hydrogen-bond acceptors (Lipinski definition) is 3. The number of nitrogens with one attached hydrogen (secondary N) is 1. The molecule has 1 aromatic carbocycles. The quantitative estimate of drug-likeness (QED) is 0.788. The summed E-state index contributed by atoms with van der Waals surface area (Å²) in [4.78, 5) is 4.09. The summed E-state index contributed by atoms with van der Waals surface area (Å²) >= 11 is 0. The van der Waals surface area contributed by atoms with Gasteiger partial charge in [-0.1, -0.05) is 26.0 Å². The van der Waals surface area contributed by atoms with Gasteiger partial charge in [0, 0.05) is 25.5 Å². The maximum absolute atomic E-state index is 5.78. The van der Waals surface area contributed by atoms with Gasteiger partial charge in [0.25, 0.3) is 0 Å². The molecule has 0 saturated carbocycles. The highest BCUT2D eigenvalue weighted by molar-refractivity contribution is 5.36. The van der Waals surface area contributed by atoms with Gasteiger partial charge < -0.3 is 10.1 Å². The van der Waals surface area contributed by atoms with E-state index < -0.39 is 0 Å². The smallest absolute Gasteiger partial charge is 0.119 e. The Labute approximate surface area is 127 Å². The molecule has 0 bridgehead atoms. The number of nitrogens with zero attached hydrogens (tertiary/aromatic N) is 1. The summed E-state index contributed by atoms with van der Waals surface area (Å²) in [6, 6.07) is 10.4. The van der Waals surface area contributed by atoms with E-state index in [0.717, 1.165) is 18.8 Å². The topological polar surface area (TPSA) is 34.1 Å². The predicted molar refractivity (Wildman–Crippen MR) is 86.7 cm³/mol. The molecular weight excluding hydrogens is 260 g/mol. The van der Waals surface area contributed by atoms with Crippen LogP contribution in [0.15, 0.2) is 42.7 Å². The van der Waals surface area contributed by atoms with Gasteiger partial charge in [0.1, 0.15) is 12.4 Å². The van der Waals surface area contributed by atoms with Gasteiger partial charge in [-0.3, -0.25) is 4.98 Å². The summed E-state index contributed by atoms with van der Waals surface area (Å²) in [5.74, 6) is 1.50. The van der Waals surface area contributed by atoms with Crippen LogP contribution in [-0.4, -0.2) is 18.1 Å². The molecule has 0 saturated heterocycles. The first-order chi connectivity index (χ1) is 10.2. The van der Waals surface area contributed by atoms with Gasteiger partial charge in [-0.05, 0) is 47.7 Å². The van der Waals surface area contributed by atoms with Crippen molar-refractivity contribution in [1.29, 1.82) is 0 Å². The summed E-state index contributed by atoms with van der Waals surface area (Å²) < 4.78 is 5.78. The van der Waals surface area contributed by atoms with Crippen molar-refractivity contribution in [2.45, 2.75) is 33.2 Å². The zero-order valence-corrected chi connectivity index (χ0v) is 13.1. The van der Waals surface area contributed by atoms with E-state index in [1.54, 1.807) is 6.20 Å². The summed E-state index contributed by atoms with van der Waals surface area (Å²) in [5.41, 5.74) is 3.87. The monoisotopic (exact) mass is 284 g/mol. The van der Waals surface area contributed by atoms with E-state index in [9.17, 15) is 0 Å². The summed E-state index contributed by atoms with van der Waals surface area (Å²) in [5, 5.41) is 3.35. The Morgan fingerprint density at radius 3 is 2.76 bits per heavy atom. The highest BCUT2D eigenvalue weighted by atomic mass is 16.5. The lowest BCUT2D eigenvalue weighted by atomic mass is 9.98. The van der Waals surface area contributed by atoms with Crippen molar-refractivity contribution in [3.8, 4) is 5.75 Å². The van der Waals surface area contributed by atoms with E-state index >= 15 is 0 Å². The van der Waals surface area contributed by atoms with Gasteiger partial charge in [-0.15, -0.1) is 0 Å². The molecule has 112 valence electrons. The van der Waals surface area contributed by atoms with Crippen molar-refractivity contribution >= 4 is 0 Å². The van der Waals surface area contributed by atoms with Crippen LogP contribution in [0.3, 0.4) is 0 Å². The van der Waals surface area contributed by atoms with Crippen molar-refractivity contribution in [3.05, 3.63) is 59.4 Å². The molecule has 3 heteroatoms. The van der Waals surface area contributed by atoms with Gasteiger partial charge in [-0.25, -0.2) is 0 Å². The zero-order chi connectivity index (χ0) is 15.1. The number of aryl methyl sites for hydroxylation is 1. The van der Waals surface area contributed by atoms with Gasteiger partial charge in [0.05, 0.1) is 0 Å². The Kier molecular flexibility index (Phi) is 5.76. The van der Waals surface area contributed by atoms with E-state index in [4.69, 9.17) is 4.74 Å². The van der Waals surface area contributed by atoms with Crippen LogP contribution in [-0.2, 0) is 6.54 Å². The predicted octanol–water partition coefficient (Wildman–Crippen LogP) is 3.68. The molecule has 1 heterocycles. The minimum Gasteiger partial charge on any atom is -0.492 e. The molecule has 0 spiro atoms. The van der Waals surface area contributed by atoms with Crippen LogP contribution < -0.4 is 10.1 Å². The molecule has 0 atom stereocenters. The van der Waals surface area contributed by atoms with Crippen molar-refractivity contribution in [1.82, 2.24) is 10.3 Å². The van der Waals surface area contributed by atoms with Crippen LogP contribution in [0.5, 0.6) is 5.75 Å². The van der Waals surface area contributed by atoms with Crippen LogP contribution >= 0.6 is 0 Å². The van der Waals surface area contributed by atoms with Crippen molar-refractivity contribution < 1.29 is 4.74 Å². The molecule has 2 rings (SSSR count). The highest BCUT2D eigenvalue weighted by Crippen LogP contribution is 2.23. The van der Waals surface area contributed by atoms with E-state index in [0.29, 0.717) is 12.5 Å². The van der Waals surface area contributed by atoms with E-state index in [-0.39, 0.29) is 0 Å². The van der Waals surface area contributed by atoms with Crippen molar-refractivity contribution in [2.24, 2.45) is 0 Å². The largest absolute Gasteiger partial charge is 0.492 e. The fraction of sp³-hybridized carbons (Fsp3) is 0.389. The molecule has 0 aliphatic heterocycles. The van der Waals surface area contributed by atoms with Crippen LogP contribution in [0, 0.1) is 6.92 Å². The molecule has 0 aliphatic rings. The normalized spacial score (nSPS) is 10.9. The van der Waals surface area contributed by atoms with E-state index in [2.05, 4.69) is 55.3 Å². The second-order valence-electron chi connectivity index (χ2n) is 5.56. The molecule has 0 radical (unpaired) electrons. The fourth-order valence-electron chi connectivity index (χ4n) is 2.36. The zero-order valence-electron chi connectivity index (χ0n) is 13.1. The Balaban J connectivity index is 1.72. The fourth-order valence-corrected chi connectivity index (χ4v) is 2.36. The Morgan fingerprint density at radius 1 is 1.24 bits per heavy atom. The maximum Gasteiger partial charge on any atom is 0.119 e. The highest BCUT2D eigenvalue weighted by Gasteiger charge is 2.04. The molecule has 0 amide bonds. The molecule has 1 N–H and O–H groups in total. The number of rotatable bonds is 7. The van der Waals surface area contributed by atoms with E-state index in [1.807, 2.05) is 12.3 Å². The molecule has 2 aromatic rings. The first-order valence-electron chi connectivity index (χ1n) is 7.50. The molecule has 3 nitrogen and oxygen atoms in total. The van der Waals surface area contributed by atoms with Gasteiger partial charge >= 0.3 is 0 Å². The number of benzene rings is 1. The number of hydrogen-bond donors (Lipinski definition) is 1. The Hall–Kier alpha value is -1.87. The van der Waals surface area contributed by atoms with Crippen LogP contribution in [0.25, 0.3) is 0 Å². The van der Waals surface area contributed by atoms with Gasteiger partial charge in [0.2, 0.25) is 0 Å². The van der Waals surface area contributed by atoms with Crippen LogP contribution in [0.1, 0.15) is 36.5 Å². The third-order valence-electron chi connectivity index (χ3n) is 3.46. The minimum atomic E-state index is 0.556. The molecule has 0 aliphatic carbocycles. The van der Waals surface area contributed by atoms with Crippen molar-refractivity contribution in [3.63, 3.8) is 0 Å². The third kappa shape index (κ3) is 4.87. The molecule has 0 fully saturated rings. The molecule has 21 heavy (non-hydrogen) atoms. The summed E-state index contributed by atoms with van der Waals surface area (Å²) in [6.07, 6.45) is 3.66. The first-order valence-corrected chi connectivity index (χ1v) is 7.50. The van der Waals surface area contributed by atoms with Gasteiger partial charge in [0.15, 0.2) is 0 Å². The van der Waals surface area contributed by atoms with Crippen LogP contribution in [0.2, 0.25) is 0 Å². The summed E-state index contributed by atoms with van der Waals surface area (Å²) in [6.45, 7) is 8.88. The lowest BCUT2D eigenvalue weighted by Crippen LogP contribution is -2.20. The third-order valence-corrected chi connectivity index (χ3v) is 3.46. The maximum atomic E-state index is 5.78. The standard InChI is InChI=1S/C18H24N2O/c1-14(2)18-7-6-17(11-15(18)3)21-10-9-20-13-16-5-4-8-19-12-16/h4-8,11-12,14,20H,9-10,13H2,1-3H3. The average molecular weight is 284 g/mol.